The predicted molar refractivity (Wildman–Crippen MR) is 106 cm³/mol. The maximum Gasteiger partial charge on any atom is 0.339 e. The van der Waals surface area contributed by atoms with Gasteiger partial charge in [-0.25, -0.2) is 9.78 Å². The number of pyridine rings is 1. The molecule has 4 aromatic rings. The van der Waals surface area contributed by atoms with Crippen molar-refractivity contribution in [1.29, 1.82) is 0 Å². The molecule has 138 valence electrons. The molecule has 4 rings (SSSR count). The van der Waals surface area contributed by atoms with E-state index in [4.69, 9.17) is 16.3 Å². The minimum absolute atomic E-state index is 0.00794. The normalized spacial score (nSPS) is 10.8. The van der Waals surface area contributed by atoms with Crippen molar-refractivity contribution in [3.8, 4) is 0 Å². The van der Waals surface area contributed by atoms with Gasteiger partial charge in [0.15, 0.2) is 5.78 Å². The average Bonchev–Trinajstić information content (AvgIpc) is 3.14. The molecule has 0 aliphatic rings. The number of benzene rings is 2. The molecular weight excluding hydrogens is 376 g/mol. The molecule has 0 aliphatic carbocycles. The molecule has 0 atom stereocenters. The van der Waals surface area contributed by atoms with Crippen molar-refractivity contribution >= 4 is 29.0 Å². The van der Waals surface area contributed by atoms with Crippen LogP contribution in [0.1, 0.15) is 32.0 Å². The van der Waals surface area contributed by atoms with Crippen LogP contribution in [0.5, 0.6) is 0 Å². The van der Waals surface area contributed by atoms with Gasteiger partial charge in [0.05, 0.1) is 16.3 Å². The summed E-state index contributed by atoms with van der Waals surface area (Å²) in [6.45, 7) is -0.00794. The highest BCUT2D eigenvalue weighted by molar-refractivity contribution is 6.30. The molecular formula is C22H15ClN2O3. The lowest BCUT2D eigenvalue weighted by Crippen LogP contribution is -2.12. The Morgan fingerprint density at radius 2 is 1.61 bits per heavy atom. The summed E-state index contributed by atoms with van der Waals surface area (Å²) in [7, 11) is 0. The van der Waals surface area contributed by atoms with Crippen molar-refractivity contribution < 1.29 is 14.3 Å². The number of rotatable bonds is 5. The molecule has 0 saturated heterocycles. The summed E-state index contributed by atoms with van der Waals surface area (Å²) >= 11 is 5.97. The number of hydrogen-bond donors (Lipinski definition) is 0. The van der Waals surface area contributed by atoms with E-state index in [0.717, 1.165) is 0 Å². The Labute approximate surface area is 166 Å². The summed E-state index contributed by atoms with van der Waals surface area (Å²) < 4.78 is 7.16. The monoisotopic (exact) mass is 390 g/mol. The first-order chi connectivity index (χ1) is 13.6. The molecule has 0 radical (unpaired) electrons. The number of hydrogen-bond acceptors (Lipinski definition) is 4. The van der Waals surface area contributed by atoms with E-state index in [2.05, 4.69) is 4.98 Å². The van der Waals surface area contributed by atoms with Gasteiger partial charge in [-0.15, -0.1) is 0 Å². The van der Waals surface area contributed by atoms with Crippen LogP contribution in [0, 0.1) is 0 Å². The van der Waals surface area contributed by atoms with E-state index in [1.54, 1.807) is 77.5 Å². The molecule has 2 heterocycles. The van der Waals surface area contributed by atoms with Crippen LogP contribution < -0.4 is 0 Å². The Hall–Kier alpha value is -3.44. The molecule has 0 N–H and O–H groups in total. The van der Waals surface area contributed by atoms with Gasteiger partial charge in [0, 0.05) is 23.5 Å². The Kier molecular flexibility index (Phi) is 4.91. The zero-order chi connectivity index (χ0) is 19.5. The third-order valence-electron chi connectivity index (χ3n) is 4.24. The van der Waals surface area contributed by atoms with E-state index in [1.165, 1.54) is 0 Å². The fraction of sp³-hybridized carbons (Fsp3) is 0.0455. The molecule has 0 spiro atoms. The lowest BCUT2D eigenvalue weighted by molar-refractivity contribution is 0.0466. The van der Waals surface area contributed by atoms with Gasteiger partial charge in [-0.05, 0) is 18.2 Å². The van der Waals surface area contributed by atoms with E-state index >= 15 is 0 Å². The number of aromatic nitrogens is 2. The zero-order valence-electron chi connectivity index (χ0n) is 14.7. The van der Waals surface area contributed by atoms with Crippen molar-refractivity contribution in [2.24, 2.45) is 0 Å². The number of fused-ring (bicyclic) bond motifs is 1. The van der Waals surface area contributed by atoms with Crippen LogP contribution in [-0.2, 0) is 11.3 Å². The van der Waals surface area contributed by atoms with Gasteiger partial charge in [0.2, 0.25) is 0 Å². The van der Waals surface area contributed by atoms with Gasteiger partial charge in [0.25, 0.3) is 0 Å². The number of ketones is 1. The minimum Gasteiger partial charge on any atom is -0.455 e. The van der Waals surface area contributed by atoms with Crippen molar-refractivity contribution in [2.75, 3.05) is 0 Å². The van der Waals surface area contributed by atoms with Crippen molar-refractivity contribution in [2.45, 2.75) is 6.61 Å². The first kappa shape index (κ1) is 17.9. The van der Waals surface area contributed by atoms with Crippen molar-refractivity contribution in [3.63, 3.8) is 0 Å². The lowest BCUT2D eigenvalue weighted by atomic mass is 9.98. The van der Waals surface area contributed by atoms with E-state index < -0.39 is 5.97 Å². The second-order valence-corrected chi connectivity index (χ2v) is 6.60. The fourth-order valence-corrected chi connectivity index (χ4v) is 3.08. The third kappa shape index (κ3) is 3.66. The predicted octanol–water partition coefficient (Wildman–Crippen LogP) is 4.58. The van der Waals surface area contributed by atoms with E-state index in [0.29, 0.717) is 27.5 Å². The number of esters is 1. The smallest absolute Gasteiger partial charge is 0.339 e. The van der Waals surface area contributed by atoms with Gasteiger partial charge >= 0.3 is 5.97 Å². The van der Waals surface area contributed by atoms with Crippen LogP contribution in [0.3, 0.4) is 0 Å². The number of carbonyl (C=O) groups excluding carboxylic acids is 2. The highest BCUT2D eigenvalue weighted by Gasteiger charge is 2.19. The van der Waals surface area contributed by atoms with Gasteiger partial charge in [-0.3, -0.25) is 4.79 Å². The molecule has 0 unspecified atom stereocenters. The van der Waals surface area contributed by atoms with Gasteiger partial charge in [-0.1, -0.05) is 60.1 Å². The van der Waals surface area contributed by atoms with E-state index in [9.17, 15) is 9.59 Å². The lowest BCUT2D eigenvalue weighted by Gasteiger charge is -2.08. The standard InChI is InChI=1S/C22H15ClN2O3/c23-16-10-11-20-24-17(13-25(20)12-16)14-28-22(27)19-9-5-4-8-18(19)21(26)15-6-2-1-3-7-15/h1-13H,14H2. The summed E-state index contributed by atoms with van der Waals surface area (Å²) in [5.74, 6) is -0.800. The highest BCUT2D eigenvalue weighted by atomic mass is 35.5. The number of carbonyl (C=O) groups is 2. The third-order valence-corrected chi connectivity index (χ3v) is 4.47. The molecule has 0 saturated carbocycles. The highest BCUT2D eigenvalue weighted by Crippen LogP contribution is 2.17. The molecule has 0 bridgehead atoms. The number of imidazole rings is 1. The first-order valence-electron chi connectivity index (χ1n) is 8.61. The largest absolute Gasteiger partial charge is 0.455 e. The maximum atomic E-state index is 12.8. The number of ether oxygens (including phenoxy) is 1. The Morgan fingerprint density at radius 1 is 0.893 bits per heavy atom. The fourth-order valence-electron chi connectivity index (χ4n) is 2.91. The quantitative estimate of drug-likeness (QED) is 0.370. The summed E-state index contributed by atoms with van der Waals surface area (Å²) in [5.41, 5.74) is 2.33. The van der Waals surface area contributed by atoms with Crippen LogP contribution in [0.2, 0.25) is 5.02 Å². The maximum absolute atomic E-state index is 12.8. The average molecular weight is 391 g/mol. The molecule has 2 aromatic heterocycles. The van der Waals surface area contributed by atoms with E-state index in [1.807, 2.05) is 6.07 Å². The molecule has 28 heavy (non-hydrogen) atoms. The molecule has 5 nitrogen and oxygen atoms in total. The SMILES string of the molecule is O=C(OCc1cn2cc(Cl)ccc2n1)c1ccccc1C(=O)c1ccccc1. The van der Waals surface area contributed by atoms with Gasteiger partial charge in [-0.2, -0.15) is 0 Å². The zero-order valence-corrected chi connectivity index (χ0v) is 15.5. The molecule has 0 amide bonds. The second kappa shape index (κ2) is 7.66. The Morgan fingerprint density at radius 3 is 2.39 bits per heavy atom. The molecule has 2 aromatic carbocycles. The van der Waals surface area contributed by atoms with Crippen LogP contribution in [0.4, 0.5) is 0 Å². The van der Waals surface area contributed by atoms with Gasteiger partial charge < -0.3 is 9.14 Å². The van der Waals surface area contributed by atoms with Crippen LogP contribution >= 0.6 is 11.6 Å². The summed E-state index contributed by atoms with van der Waals surface area (Å²) in [5, 5.41) is 0.585. The van der Waals surface area contributed by atoms with Crippen molar-refractivity contribution in [3.05, 3.63) is 107 Å². The Balaban J connectivity index is 1.54. The van der Waals surface area contributed by atoms with Crippen molar-refractivity contribution in [1.82, 2.24) is 9.38 Å². The minimum atomic E-state index is -0.574. The van der Waals surface area contributed by atoms with E-state index in [-0.39, 0.29) is 18.0 Å². The molecule has 0 aliphatic heterocycles. The first-order valence-corrected chi connectivity index (χ1v) is 8.98. The summed E-state index contributed by atoms with van der Waals surface area (Å²) in [6.07, 6.45) is 3.47. The number of nitrogens with zero attached hydrogens (tertiary/aromatic N) is 2. The Bertz CT molecular complexity index is 1170. The van der Waals surface area contributed by atoms with Crippen LogP contribution in [-0.4, -0.2) is 21.1 Å². The summed E-state index contributed by atoms with van der Waals surface area (Å²) in [6, 6.07) is 19.0. The molecule has 6 heteroatoms. The number of halogens is 1. The molecule has 0 fully saturated rings. The van der Waals surface area contributed by atoms with Crippen LogP contribution in [0.25, 0.3) is 5.65 Å². The van der Waals surface area contributed by atoms with Crippen LogP contribution in [0.15, 0.2) is 79.1 Å². The van der Waals surface area contributed by atoms with Gasteiger partial charge in [0.1, 0.15) is 12.3 Å². The summed E-state index contributed by atoms with van der Waals surface area (Å²) in [4.78, 5) is 29.8. The second-order valence-electron chi connectivity index (χ2n) is 6.16. The topological polar surface area (TPSA) is 60.7 Å².